The average Bonchev–Trinajstić information content (AvgIpc) is 3.38. The number of nitrogens with zero attached hydrogens (tertiary/aromatic N) is 5. The second kappa shape index (κ2) is 7.36. The highest BCUT2D eigenvalue weighted by Crippen LogP contribution is 2.40. The summed E-state index contributed by atoms with van der Waals surface area (Å²) in [5.41, 5.74) is 0.959. The highest BCUT2D eigenvalue weighted by molar-refractivity contribution is 7.99. The van der Waals surface area contributed by atoms with Crippen LogP contribution in [-0.2, 0) is 9.53 Å². The Balaban J connectivity index is 1.47. The van der Waals surface area contributed by atoms with Gasteiger partial charge in [-0.1, -0.05) is 11.8 Å². The van der Waals surface area contributed by atoms with Gasteiger partial charge in [0.15, 0.2) is 11.0 Å². The Morgan fingerprint density at radius 2 is 2.04 bits per heavy atom. The molecular weight excluding hydrogens is 350 g/mol. The van der Waals surface area contributed by atoms with E-state index in [9.17, 15) is 4.79 Å². The number of hydrogen-bond donors (Lipinski definition) is 0. The van der Waals surface area contributed by atoms with E-state index in [-0.39, 0.29) is 18.1 Å². The third-order valence-electron chi connectivity index (χ3n) is 4.59. The Kier molecular flexibility index (Phi) is 4.95. The van der Waals surface area contributed by atoms with Crippen molar-refractivity contribution >= 4 is 17.7 Å². The summed E-state index contributed by atoms with van der Waals surface area (Å²) in [4.78, 5) is 18.7. The molecule has 8 heteroatoms. The molecule has 0 radical (unpaired) electrons. The van der Waals surface area contributed by atoms with Crippen LogP contribution in [0.15, 0.2) is 29.7 Å². The number of rotatable bonds is 5. The van der Waals surface area contributed by atoms with Crippen LogP contribution in [0.1, 0.15) is 32.7 Å². The first-order valence-electron chi connectivity index (χ1n) is 9.03. The van der Waals surface area contributed by atoms with Crippen LogP contribution >= 0.6 is 11.8 Å². The molecule has 0 unspecified atom stereocenters. The summed E-state index contributed by atoms with van der Waals surface area (Å²) in [6.45, 7) is 5.32. The molecular formula is C18H23N5O2S. The van der Waals surface area contributed by atoms with Gasteiger partial charge in [-0.3, -0.25) is 14.3 Å². The van der Waals surface area contributed by atoms with Crippen LogP contribution in [0.3, 0.4) is 0 Å². The van der Waals surface area contributed by atoms with E-state index in [1.54, 1.807) is 12.4 Å². The highest BCUT2D eigenvalue weighted by atomic mass is 32.2. The van der Waals surface area contributed by atoms with Gasteiger partial charge in [-0.15, -0.1) is 10.2 Å². The third kappa shape index (κ3) is 3.76. The van der Waals surface area contributed by atoms with Crippen molar-refractivity contribution < 1.29 is 9.53 Å². The second-order valence-electron chi connectivity index (χ2n) is 6.99. The van der Waals surface area contributed by atoms with Crippen molar-refractivity contribution in [1.29, 1.82) is 0 Å². The second-order valence-corrected chi connectivity index (χ2v) is 7.94. The Morgan fingerprint density at radius 1 is 1.27 bits per heavy atom. The lowest BCUT2D eigenvalue weighted by Crippen LogP contribution is -2.48. The van der Waals surface area contributed by atoms with Gasteiger partial charge >= 0.3 is 0 Å². The Bertz CT molecular complexity index is 767. The number of carbonyl (C=O) groups is 1. The molecule has 2 atom stereocenters. The van der Waals surface area contributed by atoms with Crippen LogP contribution in [0.4, 0.5) is 0 Å². The molecule has 1 amide bonds. The summed E-state index contributed by atoms with van der Waals surface area (Å²) < 4.78 is 7.87. The number of carbonyl (C=O) groups excluding carboxylic acids is 1. The number of hydrogen-bond acceptors (Lipinski definition) is 6. The smallest absolute Gasteiger partial charge is 0.233 e. The summed E-state index contributed by atoms with van der Waals surface area (Å²) in [6, 6.07) is 4.32. The van der Waals surface area contributed by atoms with Gasteiger partial charge in [-0.2, -0.15) is 0 Å². The van der Waals surface area contributed by atoms with E-state index in [0.717, 1.165) is 29.4 Å². The van der Waals surface area contributed by atoms with Crippen LogP contribution < -0.4 is 0 Å². The van der Waals surface area contributed by atoms with Crippen LogP contribution in [0.25, 0.3) is 11.4 Å². The van der Waals surface area contributed by atoms with Crippen molar-refractivity contribution in [1.82, 2.24) is 24.6 Å². The minimum atomic E-state index is 0.0833. The minimum Gasteiger partial charge on any atom is -0.372 e. The molecule has 1 saturated heterocycles. The molecule has 2 aromatic rings. The zero-order valence-corrected chi connectivity index (χ0v) is 15.9. The molecule has 3 heterocycles. The molecule has 138 valence electrons. The zero-order chi connectivity index (χ0) is 18.1. The maximum atomic E-state index is 12.6. The van der Waals surface area contributed by atoms with Crippen molar-refractivity contribution in [2.24, 2.45) is 0 Å². The zero-order valence-electron chi connectivity index (χ0n) is 15.0. The molecule has 2 aliphatic rings. The molecule has 0 N–H and O–H groups in total. The van der Waals surface area contributed by atoms with Gasteiger partial charge in [-0.25, -0.2) is 0 Å². The molecule has 26 heavy (non-hydrogen) atoms. The third-order valence-corrected chi connectivity index (χ3v) is 5.52. The van der Waals surface area contributed by atoms with E-state index in [1.807, 2.05) is 30.9 Å². The van der Waals surface area contributed by atoms with Crippen LogP contribution in [0.2, 0.25) is 0 Å². The van der Waals surface area contributed by atoms with Crippen molar-refractivity contribution in [2.45, 2.75) is 50.1 Å². The van der Waals surface area contributed by atoms with Crippen molar-refractivity contribution in [2.75, 3.05) is 18.8 Å². The predicted octanol–water partition coefficient (Wildman–Crippen LogP) is 2.40. The van der Waals surface area contributed by atoms with Crippen LogP contribution in [-0.4, -0.2) is 61.6 Å². The normalized spacial score (nSPS) is 23.2. The Morgan fingerprint density at radius 3 is 2.69 bits per heavy atom. The fraction of sp³-hybridized carbons (Fsp3) is 0.556. The van der Waals surface area contributed by atoms with Crippen molar-refractivity contribution in [3.8, 4) is 11.4 Å². The minimum absolute atomic E-state index is 0.0833. The number of pyridine rings is 1. The molecule has 1 aliphatic heterocycles. The van der Waals surface area contributed by atoms with Crippen LogP contribution in [0.5, 0.6) is 0 Å². The molecule has 1 aliphatic carbocycles. The first-order chi connectivity index (χ1) is 12.6. The van der Waals surface area contributed by atoms with E-state index in [4.69, 9.17) is 4.74 Å². The van der Waals surface area contributed by atoms with Gasteiger partial charge in [0.1, 0.15) is 0 Å². The van der Waals surface area contributed by atoms with Crippen LogP contribution in [0, 0.1) is 0 Å². The fourth-order valence-electron chi connectivity index (χ4n) is 3.33. The van der Waals surface area contributed by atoms with E-state index >= 15 is 0 Å². The summed E-state index contributed by atoms with van der Waals surface area (Å²) >= 11 is 1.47. The Hall–Kier alpha value is -1.93. The number of aromatic nitrogens is 4. The fourth-order valence-corrected chi connectivity index (χ4v) is 4.24. The molecule has 7 nitrogen and oxygen atoms in total. The number of amides is 1. The quantitative estimate of drug-likeness (QED) is 0.750. The summed E-state index contributed by atoms with van der Waals surface area (Å²) in [7, 11) is 0. The summed E-state index contributed by atoms with van der Waals surface area (Å²) in [5.74, 6) is 1.34. The topological polar surface area (TPSA) is 73.1 Å². The maximum Gasteiger partial charge on any atom is 0.233 e. The van der Waals surface area contributed by atoms with E-state index in [0.29, 0.717) is 24.9 Å². The molecule has 0 spiro atoms. The number of morpholine rings is 1. The molecule has 0 aromatic carbocycles. The van der Waals surface area contributed by atoms with Gasteiger partial charge in [0.05, 0.1) is 18.0 Å². The summed E-state index contributed by atoms with van der Waals surface area (Å²) in [5, 5.41) is 9.54. The highest BCUT2D eigenvalue weighted by Gasteiger charge is 2.31. The van der Waals surface area contributed by atoms with Gasteiger partial charge < -0.3 is 9.64 Å². The molecule has 1 saturated carbocycles. The standard InChI is InChI=1S/C18H23N5O2S/c1-12-9-22(10-13(2)25-12)16(24)11-26-18-21-20-17(23(18)15-5-6-15)14-4-3-7-19-8-14/h3-4,7-8,12-13,15H,5-6,9-11H2,1-2H3/t12-,13-/m1/s1. The first-order valence-corrected chi connectivity index (χ1v) is 10.0. The first kappa shape index (κ1) is 17.5. The Labute approximate surface area is 157 Å². The predicted molar refractivity (Wildman–Crippen MR) is 98.8 cm³/mol. The monoisotopic (exact) mass is 373 g/mol. The van der Waals surface area contributed by atoms with E-state index < -0.39 is 0 Å². The van der Waals surface area contributed by atoms with Gasteiger partial charge in [0.2, 0.25) is 5.91 Å². The number of thioether (sulfide) groups is 1. The molecule has 4 rings (SSSR count). The number of ether oxygens (including phenoxy) is 1. The molecule has 2 aromatic heterocycles. The van der Waals surface area contributed by atoms with Crippen molar-refractivity contribution in [3.05, 3.63) is 24.5 Å². The average molecular weight is 373 g/mol. The van der Waals surface area contributed by atoms with E-state index in [2.05, 4.69) is 19.7 Å². The molecule has 0 bridgehead atoms. The lowest BCUT2D eigenvalue weighted by atomic mass is 10.2. The lowest BCUT2D eigenvalue weighted by molar-refractivity contribution is -0.140. The SMILES string of the molecule is C[C@@H]1CN(C(=O)CSc2nnc(-c3cccnc3)n2C2CC2)C[C@@H](C)O1. The van der Waals surface area contributed by atoms with Gasteiger partial charge in [-0.05, 0) is 38.8 Å². The van der Waals surface area contributed by atoms with E-state index in [1.165, 1.54) is 11.8 Å². The summed E-state index contributed by atoms with van der Waals surface area (Å²) in [6.07, 6.45) is 5.98. The lowest BCUT2D eigenvalue weighted by Gasteiger charge is -2.35. The van der Waals surface area contributed by atoms with Gasteiger partial charge in [0.25, 0.3) is 0 Å². The van der Waals surface area contributed by atoms with Crippen molar-refractivity contribution in [3.63, 3.8) is 0 Å². The largest absolute Gasteiger partial charge is 0.372 e. The molecule has 2 fully saturated rings. The maximum absolute atomic E-state index is 12.6. The van der Waals surface area contributed by atoms with Gasteiger partial charge in [0, 0.05) is 37.1 Å².